The highest BCUT2D eigenvalue weighted by Gasteiger charge is 2.31. The minimum Gasteiger partial charge on any atom is -0.481 e. The van der Waals surface area contributed by atoms with Crippen molar-refractivity contribution in [3.8, 4) is 0 Å². The van der Waals surface area contributed by atoms with Gasteiger partial charge in [0, 0.05) is 24.9 Å². The van der Waals surface area contributed by atoms with Crippen molar-refractivity contribution in [2.24, 2.45) is 11.8 Å². The lowest BCUT2D eigenvalue weighted by Gasteiger charge is -2.24. The Morgan fingerprint density at radius 3 is 2.38 bits per heavy atom. The standard InChI is InChI=1S/C22H29NO3/c1-15(24)19(12-16-10-17-6-4-5-7-18(17)11-16)13-23-9-8-20(14-23)22(2,3)21(25)26/h4-9,14-16,19,24H,10-13H2,1-3H3,(H,25,26)/t15-,19+/m1/s1. The van der Waals surface area contributed by atoms with E-state index in [1.54, 1.807) is 13.8 Å². The van der Waals surface area contributed by atoms with E-state index in [1.807, 2.05) is 30.0 Å². The number of hydrogen-bond acceptors (Lipinski definition) is 2. The molecule has 0 radical (unpaired) electrons. The Labute approximate surface area is 155 Å². The van der Waals surface area contributed by atoms with Crippen LogP contribution < -0.4 is 0 Å². The van der Waals surface area contributed by atoms with Crippen LogP contribution in [0, 0.1) is 11.8 Å². The number of fused-ring (bicyclic) bond motifs is 1. The summed E-state index contributed by atoms with van der Waals surface area (Å²) in [6, 6.07) is 10.5. The van der Waals surface area contributed by atoms with Gasteiger partial charge in [-0.1, -0.05) is 24.3 Å². The number of benzene rings is 1. The number of carbonyl (C=O) groups is 1. The van der Waals surface area contributed by atoms with Gasteiger partial charge in [0.1, 0.15) is 0 Å². The fourth-order valence-electron chi connectivity index (χ4n) is 3.99. The van der Waals surface area contributed by atoms with E-state index in [4.69, 9.17) is 0 Å². The highest BCUT2D eigenvalue weighted by Crippen LogP contribution is 2.32. The molecule has 1 aromatic heterocycles. The molecule has 0 unspecified atom stereocenters. The highest BCUT2D eigenvalue weighted by atomic mass is 16.4. The predicted molar refractivity (Wildman–Crippen MR) is 102 cm³/mol. The maximum absolute atomic E-state index is 11.4. The average Bonchev–Trinajstić information content (AvgIpc) is 3.20. The van der Waals surface area contributed by atoms with Gasteiger partial charge in [-0.3, -0.25) is 4.79 Å². The van der Waals surface area contributed by atoms with Crippen molar-refractivity contribution < 1.29 is 15.0 Å². The second-order valence-corrected chi connectivity index (χ2v) is 8.31. The molecule has 1 aliphatic carbocycles. The number of rotatable bonds is 7. The first-order valence-electron chi connectivity index (χ1n) is 9.42. The van der Waals surface area contributed by atoms with Crippen molar-refractivity contribution in [2.75, 3.05) is 0 Å². The molecule has 0 bridgehead atoms. The molecule has 1 aromatic carbocycles. The normalized spacial score (nSPS) is 17.1. The molecule has 26 heavy (non-hydrogen) atoms. The van der Waals surface area contributed by atoms with Crippen LogP contribution in [0.2, 0.25) is 0 Å². The number of hydrogen-bond donors (Lipinski definition) is 2. The molecule has 0 spiro atoms. The van der Waals surface area contributed by atoms with Gasteiger partial charge in [0.15, 0.2) is 0 Å². The molecule has 0 aliphatic heterocycles. The van der Waals surface area contributed by atoms with Gasteiger partial charge in [-0.15, -0.1) is 0 Å². The Morgan fingerprint density at radius 1 is 1.23 bits per heavy atom. The molecular weight excluding hydrogens is 326 g/mol. The van der Waals surface area contributed by atoms with Gasteiger partial charge in [-0.2, -0.15) is 0 Å². The van der Waals surface area contributed by atoms with Gasteiger partial charge in [0.2, 0.25) is 0 Å². The van der Waals surface area contributed by atoms with E-state index >= 15 is 0 Å². The summed E-state index contributed by atoms with van der Waals surface area (Å²) in [5.41, 5.74) is 2.77. The lowest BCUT2D eigenvalue weighted by molar-refractivity contribution is -0.142. The largest absolute Gasteiger partial charge is 0.481 e. The summed E-state index contributed by atoms with van der Waals surface area (Å²) in [5.74, 6) is -0.106. The fourth-order valence-corrected chi connectivity index (χ4v) is 3.99. The topological polar surface area (TPSA) is 62.5 Å². The third-order valence-electron chi connectivity index (χ3n) is 5.91. The zero-order valence-corrected chi connectivity index (χ0v) is 15.9. The minimum absolute atomic E-state index is 0.155. The van der Waals surface area contributed by atoms with Crippen LogP contribution in [0.4, 0.5) is 0 Å². The average molecular weight is 355 g/mol. The van der Waals surface area contributed by atoms with Crippen molar-refractivity contribution in [3.05, 3.63) is 59.4 Å². The molecule has 0 amide bonds. The number of aliphatic carboxylic acids is 1. The zero-order chi connectivity index (χ0) is 18.9. The Kier molecular flexibility index (Phi) is 5.24. The summed E-state index contributed by atoms with van der Waals surface area (Å²) < 4.78 is 2.03. The number of carboxylic acid groups (broad SMARTS) is 1. The third kappa shape index (κ3) is 3.85. The quantitative estimate of drug-likeness (QED) is 0.797. The SMILES string of the molecule is C[C@@H](O)[C@@H](CC1Cc2ccccc2C1)Cn1ccc(C(C)(C)C(=O)O)c1. The first-order valence-corrected chi connectivity index (χ1v) is 9.42. The number of nitrogens with zero attached hydrogens (tertiary/aromatic N) is 1. The van der Waals surface area contributed by atoms with Gasteiger partial charge in [0.05, 0.1) is 11.5 Å². The molecule has 2 N–H and O–H groups in total. The Hall–Kier alpha value is -2.07. The first-order chi connectivity index (χ1) is 12.3. The molecule has 0 saturated carbocycles. The Bertz CT molecular complexity index is 750. The fraction of sp³-hybridized carbons (Fsp3) is 0.500. The van der Waals surface area contributed by atoms with E-state index < -0.39 is 17.5 Å². The molecule has 4 nitrogen and oxygen atoms in total. The van der Waals surface area contributed by atoms with Crippen LogP contribution in [0.15, 0.2) is 42.7 Å². The second kappa shape index (κ2) is 7.28. The van der Waals surface area contributed by atoms with E-state index in [9.17, 15) is 15.0 Å². The van der Waals surface area contributed by atoms with Gasteiger partial charge < -0.3 is 14.8 Å². The number of carboxylic acids is 1. The maximum Gasteiger partial charge on any atom is 0.313 e. The number of aliphatic hydroxyl groups is 1. The summed E-state index contributed by atoms with van der Waals surface area (Å²) in [7, 11) is 0. The molecule has 0 saturated heterocycles. The lowest BCUT2D eigenvalue weighted by Crippen LogP contribution is -2.28. The van der Waals surface area contributed by atoms with E-state index in [1.165, 1.54) is 11.1 Å². The van der Waals surface area contributed by atoms with E-state index in [0.717, 1.165) is 24.8 Å². The van der Waals surface area contributed by atoms with Gasteiger partial charge in [0.25, 0.3) is 0 Å². The summed E-state index contributed by atoms with van der Waals surface area (Å²) in [5, 5.41) is 19.7. The van der Waals surface area contributed by atoms with Gasteiger partial charge in [-0.05, 0) is 68.7 Å². The minimum atomic E-state index is -0.904. The molecule has 4 heteroatoms. The molecule has 3 rings (SSSR count). The molecule has 2 aromatic rings. The Morgan fingerprint density at radius 2 is 1.85 bits per heavy atom. The van der Waals surface area contributed by atoms with Crippen molar-refractivity contribution in [1.29, 1.82) is 0 Å². The summed E-state index contributed by atoms with van der Waals surface area (Å²) in [6.07, 6.45) is 6.59. The predicted octanol–water partition coefficient (Wildman–Crippen LogP) is 3.65. The second-order valence-electron chi connectivity index (χ2n) is 8.31. The van der Waals surface area contributed by atoms with Crippen molar-refractivity contribution in [3.63, 3.8) is 0 Å². The summed E-state index contributed by atoms with van der Waals surface area (Å²) in [4.78, 5) is 11.4. The molecule has 1 aliphatic rings. The summed E-state index contributed by atoms with van der Waals surface area (Å²) in [6.45, 7) is 6.01. The zero-order valence-electron chi connectivity index (χ0n) is 15.9. The monoisotopic (exact) mass is 355 g/mol. The molecular formula is C22H29NO3. The molecule has 140 valence electrons. The van der Waals surface area contributed by atoms with Crippen LogP contribution in [0.1, 0.15) is 43.9 Å². The van der Waals surface area contributed by atoms with Gasteiger partial charge in [-0.25, -0.2) is 0 Å². The molecule has 1 heterocycles. The smallest absolute Gasteiger partial charge is 0.313 e. The Balaban J connectivity index is 1.67. The van der Waals surface area contributed by atoms with Crippen LogP contribution in [-0.4, -0.2) is 26.9 Å². The first kappa shape index (κ1) is 18.7. The number of aromatic nitrogens is 1. The van der Waals surface area contributed by atoms with Crippen LogP contribution in [-0.2, 0) is 29.6 Å². The molecule has 2 atom stereocenters. The van der Waals surface area contributed by atoms with Crippen LogP contribution >= 0.6 is 0 Å². The van der Waals surface area contributed by atoms with E-state index in [0.29, 0.717) is 12.5 Å². The van der Waals surface area contributed by atoms with Crippen LogP contribution in [0.5, 0.6) is 0 Å². The van der Waals surface area contributed by atoms with Crippen molar-refractivity contribution in [1.82, 2.24) is 4.57 Å². The van der Waals surface area contributed by atoms with E-state index in [-0.39, 0.29) is 5.92 Å². The highest BCUT2D eigenvalue weighted by molar-refractivity contribution is 5.80. The maximum atomic E-state index is 11.4. The van der Waals surface area contributed by atoms with Crippen LogP contribution in [0.3, 0.4) is 0 Å². The van der Waals surface area contributed by atoms with Crippen molar-refractivity contribution in [2.45, 2.75) is 58.1 Å². The molecule has 0 fully saturated rings. The number of aliphatic hydroxyl groups excluding tert-OH is 1. The van der Waals surface area contributed by atoms with E-state index in [2.05, 4.69) is 24.3 Å². The lowest BCUT2D eigenvalue weighted by atomic mass is 9.87. The summed E-state index contributed by atoms with van der Waals surface area (Å²) >= 11 is 0. The van der Waals surface area contributed by atoms with Crippen molar-refractivity contribution >= 4 is 5.97 Å². The van der Waals surface area contributed by atoms with Gasteiger partial charge >= 0.3 is 5.97 Å². The third-order valence-corrected chi connectivity index (χ3v) is 5.91. The van der Waals surface area contributed by atoms with Crippen LogP contribution in [0.25, 0.3) is 0 Å².